The summed E-state index contributed by atoms with van der Waals surface area (Å²) in [6.07, 6.45) is 1.95. The van der Waals surface area contributed by atoms with E-state index in [9.17, 15) is 9.18 Å². The number of halogens is 1. The Labute approximate surface area is 133 Å². The first-order valence-corrected chi connectivity index (χ1v) is 7.46. The van der Waals surface area contributed by atoms with Gasteiger partial charge in [0.15, 0.2) is 0 Å². The number of hydrogen-bond donors (Lipinski definition) is 3. The third kappa shape index (κ3) is 3.18. The first-order chi connectivity index (χ1) is 11.2. The van der Waals surface area contributed by atoms with E-state index in [2.05, 4.69) is 15.6 Å². The molecule has 3 rings (SSSR count). The van der Waals surface area contributed by atoms with Crippen molar-refractivity contribution in [2.75, 3.05) is 13.6 Å². The average molecular weight is 311 g/mol. The van der Waals surface area contributed by atoms with Crippen LogP contribution >= 0.6 is 0 Å². The molecule has 23 heavy (non-hydrogen) atoms. The van der Waals surface area contributed by atoms with Gasteiger partial charge in [0, 0.05) is 36.6 Å². The van der Waals surface area contributed by atoms with Gasteiger partial charge in [0.1, 0.15) is 5.82 Å². The molecule has 0 aliphatic heterocycles. The van der Waals surface area contributed by atoms with Crippen LogP contribution in [-0.2, 0) is 0 Å². The molecule has 2 amide bonds. The molecule has 0 aliphatic rings. The fourth-order valence-electron chi connectivity index (χ4n) is 2.77. The summed E-state index contributed by atoms with van der Waals surface area (Å²) in [7, 11) is 1.58. The van der Waals surface area contributed by atoms with E-state index in [0.29, 0.717) is 6.54 Å². The molecule has 0 bridgehead atoms. The number of amides is 2. The first-order valence-electron chi connectivity index (χ1n) is 7.46. The van der Waals surface area contributed by atoms with Crippen LogP contribution < -0.4 is 10.6 Å². The number of hydrogen-bond acceptors (Lipinski definition) is 1. The SMILES string of the molecule is CNC(=O)NCC(c1ccc(F)cc1)c1c[nH]c2ccccc12. The number of para-hydroxylation sites is 1. The predicted molar refractivity (Wildman–Crippen MR) is 89.0 cm³/mol. The number of aromatic nitrogens is 1. The molecule has 2 aromatic carbocycles. The van der Waals surface area contributed by atoms with Crippen molar-refractivity contribution in [3.63, 3.8) is 0 Å². The molecular weight excluding hydrogens is 293 g/mol. The molecule has 118 valence electrons. The van der Waals surface area contributed by atoms with Crippen molar-refractivity contribution < 1.29 is 9.18 Å². The van der Waals surface area contributed by atoms with E-state index in [1.807, 2.05) is 30.5 Å². The second kappa shape index (κ2) is 6.52. The highest BCUT2D eigenvalue weighted by Crippen LogP contribution is 2.30. The van der Waals surface area contributed by atoms with Crippen molar-refractivity contribution in [1.29, 1.82) is 0 Å². The van der Waals surface area contributed by atoms with Crippen molar-refractivity contribution in [1.82, 2.24) is 15.6 Å². The third-order valence-corrected chi connectivity index (χ3v) is 3.96. The van der Waals surface area contributed by atoms with E-state index in [0.717, 1.165) is 22.0 Å². The maximum atomic E-state index is 13.2. The van der Waals surface area contributed by atoms with Crippen LogP contribution in [0.25, 0.3) is 10.9 Å². The maximum Gasteiger partial charge on any atom is 0.314 e. The number of fused-ring (bicyclic) bond motifs is 1. The number of H-pyrrole nitrogens is 1. The Morgan fingerprint density at radius 2 is 1.91 bits per heavy atom. The fourth-order valence-corrected chi connectivity index (χ4v) is 2.77. The molecule has 0 radical (unpaired) electrons. The molecule has 0 aliphatic carbocycles. The standard InChI is InChI=1S/C18H18FN3O/c1-20-18(23)22-10-15(12-6-8-13(19)9-7-12)16-11-21-17-5-3-2-4-14(16)17/h2-9,11,15,21H,10H2,1H3,(H2,20,22,23). The lowest BCUT2D eigenvalue weighted by atomic mass is 9.91. The smallest absolute Gasteiger partial charge is 0.314 e. The number of carbonyl (C=O) groups excluding carboxylic acids is 1. The van der Waals surface area contributed by atoms with E-state index in [-0.39, 0.29) is 17.8 Å². The minimum absolute atomic E-state index is 0.0657. The van der Waals surface area contributed by atoms with Crippen molar-refractivity contribution in [2.45, 2.75) is 5.92 Å². The van der Waals surface area contributed by atoms with E-state index < -0.39 is 0 Å². The third-order valence-electron chi connectivity index (χ3n) is 3.96. The number of nitrogens with one attached hydrogen (secondary N) is 3. The molecule has 0 spiro atoms. The minimum atomic E-state index is -0.273. The lowest BCUT2D eigenvalue weighted by molar-refractivity contribution is 0.242. The van der Waals surface area contributed by atoms with Crippen LogP contribution in [0.1, 0.15) is 17.0 Å². The lowest BCUT2D eigenvalue weighted by Crippen LogP contribution is -2.35. The summed E-state index contributed by atoms with van der Waals surface area (Å²) in [6.45, 7) is 0.424. The van der Waals surface area contributed by atoms with Crippen molar-refractivity contribution >= 4 is 16.9 Å². The fraction of sp³-hybridized carbons (Fsp3) is 0.167. The molecule has 0 fully saturated rings. The van der Waals surface area contributed by atoms with E-state index in [4.69, 9.17) is 0 Å². The molecule has 4 nitrogen and oxygen atoms in total. The summed E-state index contributed by atoms with van der Waals surface area (Å²) in [5.74, 6) is -0.338. The molecule has 3 N–H and O–H groups in total. The molecule has 1 aromatic heterocycles. The Morgan fingerprint density at radius 3 is 2.65 bits per heavy atom. The molecule has 1 atom stereocenters. The largest absolute Gasteiger partial charge is 0.361 e. The van der Waals surface area contributed by atoms with Gasteiger partial charge in [-0.3, -0.25) is 0 Å². The van der Waals surface area contributed by atoms with Gasteiger partial charge in [-0.25, -0.2) is 9.18 Å². The predicted octanol–water partition coefficient (Wildman–Crippen LogP) is 3.37. The lowest BCUT2D eigenvalue weighted by Gasteiger charge is -2.18. The quantitative estimate of drug-likeness (QED) is 0.680. The van der Waals surface area contributed by atoms with Gasteiger partial charge < -0.3 is 15.6 Å². The molecule has 0 saturated heterocycles. The highest BCUT2D eigenvalue weighted by Gasteiger charge is 2.18. The van der Waals surface area contributed by atoms with E-state index in [1.165, 1.54) is 12.1 Å². The van der Waals surface area contributed by atoms with Crippen molar-refractivity contribution in [2.24, 2.45) is 0 Å². The average Bonchev–Trinajstić information content (AvgIpc) is 3.00. The molecule has 1 heterocycles. The number of aromatic amines is 1. The number of benzene rings is 2. The number of carbonyl (C=O) groups is 1. The first kappa shape index (κ1) is 15.1. The van der Waals surface area contributed by atoms with Crippen LogP contribution in [-0.4, -0.2) is 24.6 Å². The van der Waals surface area contributed by atoms with Gasteiger partial charge in [0.05, 0.1) is 0 Å². The summed E-state index contributed by atoms with van der Waals surface area (Å²) in [6, 6.07) is 14.2. The molecular formula is C18H18FN3O. The normalized spacial score (nSPS) is 12.1. The molecule has 1 unspecified atom stereocenters. The van der Waals surface area contributed by atoms with Crippen molar-refractivity contribution in [3.8, 4) is 0 Å². The summed E-state index contributed by atoms with van der Waals surface area (Å²) in [4.78, 5) is 14.8. The molecule has 0 saturated carbocycles. The van der Waals surface area contributed by atoms with Gasteiger partial charge >= 0.3 is 6.03 Å². The van der Waals surface area contributed by atoms with Crippen molar-refractivity contribution in [3.05, 3.63) is 71.7 Å². The minimum Gasteiger partial charge on any atom is -0.361 e. The Bertz CT molecular complexity index is 811. The van der Waals surface area contributed by atoms with Gasteiger partial charge in [-0.05, 0) is 29.3 Å². The van der Waals surface area contributed by atoms with Gasteiger partial charge in [-0.2, -0.15) is 0 Å². The Balaban J connectivity index is 2.00. The second-order valence-corrected chi connectivity index (χ2v) is 5.35. The second-order valence-electron chi connectivity index (χ2n) is 5.35. The topological polar surface area (TPSA) is 56.9 Å². The van der Waals surface area contributed by atoms with Crippen LogP contribution in [0.15, 0.2) is 54.7 Å². The number of urea groups is 1. The monoisotopic (exact) mass is 311 g/mol. The Kier molecular flexibility index (Phi) is 4.28. The molecule has 3 aromatic rings. The zero-order valence-corrected chi connectivity index (χ0v) is 12.8. The molecule has 5 heteroatoms. The van der Waals surface area contributed by atoms with Crippen LogP contribution in [0, 0.1) is 5.82 Å². The van der Waals surface area contributed by atoms with E-state index in [1.54, 1.807) is 19.2 Å². The summed E-state index contributed by atoms with van der Waals surface area (Å²) in [5.41, 5.74) is 3.06. The highest BCUT2D eigenvalue weighted by atomic mass is 19.1. The summed E-state index contributed by atoms with van der Waals surface area (Å²) < 4.78 is 13.2. The van der Waals surface area contributed by atoms with Gasteiger partial charge in [0.25, 0.3) is 0 Å². The summed E-state index contributed by atoms with van der Waals surface area (Å²) in [5, 5.41) is 6.48. The zero-order valence-electron chi connectivity index (χ0n) is 12.8. The maximum absolute atomic E-state index is 13.2. The van der Waals surface area contributed by atoms with Crippen LogP contribution in [0.4, 0.5) is 9.18 Å². The summed E-state index contributed by atoms with van der Waals surface area (Å²) >= 11 is 0. The van der Waals surface area contributed by atoms with Gasteiger partial charge in [0.2, 0.25) is 0 Å². The Morgan fingerprint density at radius 1 is 1.17 bits per heavy atom. The van der Waals surface area contributed by atoms with Crippen LogP contribution in [0.3, 0.4) is 0 Å². The highest BCUT2D eigenvalue weighted by molar-refractivity contribution is 5.84. The van der Waals surface area contributed by atoms with Gasteiger partial charge in [-0.1, -0.05) is 30.3 Å². The number of rotatable bonds is 4. The van der Waals surface area contributed by atoms with Crippen LogP contribution in [0.5, 0.6) is 0 Å². The van der Waals surface area contributed by atoms with E-state index >= 15 is 0 Å². The zero-order chi connectivity index (χ0) is 16.2. The van der Waals surface area contributed by atoms with Crippen LogP contribution in [0.2, 0.25) is 0 Å². The Hall–Kier alpha value is -2.82. The van der Waals surface area contributed by atoms with Gasteiger partial charge in [-0.15, -0.1) is 0 Å².